The van der Waals surface area contributed by atoms with Gasteiger partial charge in [0.25, 0.3) is 23.2 Å². The Morgan fingerprint density at radius 1 is 0.655 bits per heavy atom. The van der Waals surface area contributed by atoms with Gasteiger partial charge in [-0.15, -0.1) is 0 Å². The van der Waals surface area contributed by atoms with Crippen LogP contribution in [-0.2, 0) is 25.9 Å². The van der Waals surface area contributed by atoms with Crippen LogP contribution < -0.4 is 45.6 Å². The van der Waals surface area contributed by atoms with Crippen molar-refractivity contribution in [2.45, 2.75) is 97.6 Å². The summed E-state index contributed by atoms with van der Waals surface area (Å²) in [7, 11) is 0. The van der Waals surface area contributed by atoms with Gasteiger partial charge in [-0.05, 0) is 28.6 Å². The molecular weight excluding hydrogens is 415 g/mol. The van der Waals surface area contributed by atoms with Crippen LogP contribution in [0.1, 0.15) is 83.0 Å². The minimum atomic E-state index is 0. The van der Waals surface area contributed by atoms with Crippen molar-refractivity contribution in [2.75, 3.05) is 11.5 Å². The summed E-state index contributed by atoms with van der Waals surface area (Å²) in [6, 6.07) is 0. The summed E-state index contributed by atoms with van der Waals surface area (Å²) in [5.41, 5.74) is 13.9. The highest BCUT2D eigenvalue weighted by Crippen LogP contribution is 2.13. The molecule has 0 aliphatic carbocycles. The molecule has 0 aliphatic rings. The fraction of sp³-hybridized carbons (Fsp3) is 0.789. The minimum Gasteiger partial charge on any atom is -1.00 e. The summed E-state index contributed by atoms with van der Waals surface area (Å²) >= 11 is 0. The molecule has 0 aliphatic heterocycles. The van der Waals surface area contributed by atoms with Gasteiger partial charge in [-0.2, -0.15) is 0 Å². The maximum Gasteiger partial charge on any atom is 0.296 e. The average molecular weight is 451 g/mol. The maximum absolute atomic E-state index is 5.97. The van der Waals surface area contributed by atoms with Crippen molar-refractivity contribution >= 4 is 11.8 Å². The Kier molecular flexibility index (Phi) is 14.5. The van der Waals surface area contributed by atoms with Crippen LogP contribution in [0.25, 0.3) is 0 Å². The molecule has 0 unspecified atom stereocenters. The van der Waals surface area contributed by atoms with Crippen molar-refractivity contribution in [1.82, 2.24) is 10.5 Å². The van der Waals surface area contributed by atoms with Crippen LogP contribution in [0.15, 0.2) is 9.05 Å². The number of rotatable bonds is 14. The van der Waals surface area contributed by atoms with E-state index in [1.54, 1.807) is 0 Å². The number of aromatic nitrogens is 4. The first-order valence-electron chi connectivity index (χ1n) is 10.5. The normalized spacial score (nSPS) is 10.6. The van der Waals surface area contributed by atoms with Gasteiger partial charge >= 0.3 is 0 Å². The third-order valence-corrected chi connectivity index (χ3v) is 4.94. The molecule has 2 aromatic rings. The van der Waals surface area contributed by atoms with Gasteiger partial charge in [-0.3, -0.25) is 9.05 Å². The van der Waals surface area contributed by atoms with E-state index < -0.39 is 0 Å². The lowest BCUT2D eigenvalue weighted by Gasteiger charge is -1.98. The second kappa shape index (κ2) is 15.3. The number of hydrogen-bond acceptors (Lipinski definition) is 6. The Morgan fingerprint density at radius 2 is 1.07 bits per heavy atom. The molecule has 29 heavy (non-hydrogen) atoms. The number of hydrogen-bond donors (Lipinski definition) is 2. The molecule has 0 saturated heterocycles. The van der Waals surface area contributed by atoms with E-state index in [1.165, 1.54) is 38.5 Å². The molecule has 4 N–H and O–H groups in total. The SMILES string of the molecule is CCCCCC[n+]1noc(N)c1CCCc1c(N)on[n+]1CCCCCC.[Cl-].[Cl-]. The van der Waals surface area contributed by atoms with Crippen molar-refractivity contribution in [1.29, 1.82) is 0 Å². The fourth-order valence-electron chi connectivity index (χ4n) is 3.30. The molecule has 0 amide bonds. The fourth-order valence-corrected chi connectivity index (χ4v) is 3.30. The van der Waals surface area contributed by atoms with Crippen LogP contribution >= 0.6 is 0 Å². The van der Waals surface area contributed by atoms with Gasteiger partial charge in [-0.25, -0.2) is 0 Å². The van der Waals surface area contributed by atoms with Crippen molar-refractivity contribution in [2.24, 2.45) is 0 Å². The molecule has 2 aromatic heterocycles. The van der Waals surface area contributed by atoms with E-state index in [-0.39, 0.29) is 24.8 Å². The molecule has 8 nitrogen and oxygen atoms in total. The second-order valence-electron chi connectivity index (χ2n) is 7.19. The predicted octanol–water partition coefficient (Wildman–Crippen LogP) is -3.25. The summed E-state index contributed by atoms with van der Waals surface area (Å²) < 4.78 is 14.2. The quantitative estimate of drug-likeness (QED) is 0.231. The van der Waals surface area contributed by atoms with Crippen molar-refractivity contribution in [3.63, 3.8) is 0 Å². The van der Waals surface area contributed by atoms with Gasteiger partial charge < -0.3 is 36.3 Å². The predicted molar refractivity (Wildman–Crippen MR) is 103 cm³/mol. The number of nitrogen functional groups attached to an aromatic ring is 2. The minimum absolute atomic E-state index is 0. The molecule has 0 atom stereocenters. The smallest absolute Gasteiger partial charge is 0.296 e. The van der Waals surface area contributed by atoms with Crippen LogP contribution in [0.4, 0.5) is 11.8 Å². The maximum atomic E-state index is 5.97. The molecule has 0 radical (unpaired) electrons. The number of anilines is 2. The molecule has 0 saturated carbocycles. The van der Waals surface area contributed by atoms with Crippen molar-refractivity contribution < 1.29 is 43.2 Å². The van der Waals surface area contributed by atoms with E-state index in [1.807, 2.05) is 9.36 Å². The molecule has 168 valence electrons. The second-order valence-corrected chi connectivity index (χ2v) is 7.19. The zero-order valence-electron chi connectivity index (χ0n) is 17.7. The number of nitrogens with zero attached hydrogens (tertiary/aromatic N) is 4. The van der Waals surface area contributed by atoms with E-state index in [4.69, 9.17) is 20.5 Å². The highest BCUT2D eigenvalue weighted by molar-refractivity contribution is 5.27. The van der Waals surface area contributed by atoms with Crippen LogP contribution in [0.5, 0.6) is 0 Å². The molecule has 2 heterocycles. The number of aryl methyl sites for hydroxylation is 2. The molecule has 10 heteroatoms. The van der Waals surface area contributed by atoms with Crippen molar-refractivity contribution in [3.05, 3.63) is 11.4 Å². The Balaban J connectivity index is 0.00000392. The average Bonchev–Trinajstić information content (AvgIpc) is 3.19. The molecule has 0 aromatic carbocycles. The molecular formula is C19H36Cl2N6O2. The Bertz CT molecular complexity index is 621. The number of unbranched alkanes of at least 4 members (excludes halogenated alkanes) is 6. The highest BCUT2D eigenvalue weighted by Gasteiger charge is 2.25. The molecule has 2 rings (SSSR count). The first-order chi connectivity index (χ1) is 13.2. The lowest BCUT2D eigenvalue weighted by Crippen LogP contribution is -3.00. The van der Waals surface area contributed by atoms with Gasteiger partial charge in [-0.1, -0.05) is 39.5 Å². The van der Waals surface area contributed by atoms with Gasteiger partial charge in [0, 0.05) is 25.7 Å². The largest absolute Gasteiger partial charge is 1.00 e. The van der Waals surface area contributed by atoms with E-state index in [0.29, 0.717) is 11.8 Å². The summed E-state index contributed by atoms with van der Waals surface area (Å²) in [5, 5.41) is 8.16. The summed E-state index contributed by atoms with van der Waals surface area (Å²) in [6.07, 6.45) is 12.0. The lowest BCUT2D eigenvalue weighted by atomic mass is 10.1. The first-order valence-corrected chi connectivity index (χ1v) is 10.5. The van der Waals surface area contributed by atoms with Crippen LogP contribution in [0, 0.1) is 0 Å². The van der Waals surface area contributed by atoms with E-state index in [2.05, 4.69) is 24.4 Å². The first kappa shape index (κ1) is 27.5. The van der Waals surface area contributed by atoms with Gasteiger partial charge in [0.05, 0.1) is 0 Å². The molecule has 0 spiro atoms. The zero-order valence-corrected chi connectivity index (χ0v) is 19.2. The summed E-state index contributed by atoms with van der Waals surface area (Å²) in [4.78, 5) is 0. The standard InChI is InChI=1S/C19H36N6O2.2ClH/c1-3-5-7-9-14-24-16(18(20)26-22-24)12-11-13-17-19(21)27-23-25(17)15-10-8-6-4-2;;/h3-15,20-21H2,1-2H3;2*1H/q+2;;/p-2. The zero-order chi connectivity index (χ0) is 19.5. The Morgan fingerprint density at radius 3 is 1.45 bits per heavy atom. The van der Waals surface area contributed by atoms with Crippen LogP contribution in [0.3, 0.4) is 0 Å². The van der Waals surface area contributed by atoms with Gasteiger partial charge in [0.1, 0.15) is 0 Å². The third-order valence-electron chi connectivity index (χ3n) is 4.94. The molecule has 0 bridgehead atoms. The summed E-state index contributed by atoms with van der Waals surface area (Å²) in [6.45, 7) is 6.12. The van der Waals surface area contributed by atoms with Crippen molar-refractivity contribution in [3.8, 4) is 0 Å². The van der Waals surface area contributed by atoms with Gasteiger partial charge in [0.2, 0.25) is 10.5 Å². The van der Waals surface area contributed by atoms with Crippen LogP contribution in [0.2, 0.25) is 0 Å². The number of halogens is 2. The van der Waals surface area contributed by atoms with E-state index >= 15 is 0 Å². The van der Waals surface area contributed by atoms with E-state index in [9.17, 15) is 0 Å². The van der Waals surface area contributed by atoms with Gasteiger partial charge in [0.15, 0.2) is 13.1 Å². The lowest BCUT2D eigenvalue weighted by molar-refractivity contribution is -0.769. The Labute approximate surface area is 186 Å². The topological polar surface area (TPSA) is 112 Å². The van der Waals surface area contributed by atoms with E-state index in [0.717, 1.165) is 56.6 Å². The Hall–Kier alpha value is -1.54. The third kappa shape index (κ3) is 8.78. The molecule has 0 fully saturated rings. The highest BCUT2D eigenvalue weighted by atomic mass is 35.5. The number of nitrogens with two attached hydrogens (primary N) is 2. The monoisotopic (exact) mass is 450 g/mol. The summed E-state index contributed by atoms with van der Waals surface area (Å²) in [5.74, 6) is 0.826. The van der Waals surface area contributed by atoms with Crippen LogP contribution in [-0.4, -0.2) is 10.5 Å².